The van der Waals surface area contributed by atoms with E-state index in [0.717, 1.165) is 52.7 Å². The molecule has 35 heavy (non-hydrogen) atoms. The van der Waals surface area contributed by atoms with Crippen molar-refractivity contribution in [3.63, 3.8) is 0 Å². The van der Waals surface area contributed by atoms with Crippen molar-refractivity contribution < 1.29 is 0 Å². The van der Waals surface area contributed by atoms with Gasteiger partial charge in [-0.05, 0) is 75.8 Å². The van der Waals surface area contributed by atoms with Crippen LogP contribution >= 0.6 is 0 Å². The van der Waals surface area contributed by atoms with Crippen LogP contribution in [0, 0.1) is 18.8 Å². The van der Waals surface area contributed by atoms with Gasteiger partial charge in [-0.25, -0.2) is 9.97 Å². The van der Waals surface area contributed by atoms with Gasteiger partial charge in [0.05, 0.1) is 22.9 Å². The molecule has 0 unspecified atom stereocenters. The second-order valence-electron chi connectivity index (χ2n) is 12.0. The summed E-state index contributed by atoms with van der Waals surface area (Å²) in [5, 5.41) is 0. The van der Waals surface area contributed by atoms with E-state index >= 15 is 0 Å². The van der Waals surface area contributed by atoms with Crippen molar-refractivity contribution >= 4 is 11.0 Å². The molecule has 5 nitrogen and oxygen atoms in total. The number of aromatic nitrogens is 4. The molecule has 0 spiro atoms. The molecule has 184 valence electrons. The fraction of sp³-hybridized carbons (Fsp3) is 0.633. The molecular weight excluding hydrogens is 430 g/mol. The molecule has 2 aliphatic heterocycles. The fourth-order valence-electron chi connectivity index (χ4n) is 8.41. The van der Waals surface area contributed by atoms with E-state index in [2.05, 4.69) is 38.7 Å². The van der Waals surface area contributed by atoms with E-state index in [4.69, 9.17) is 9.97 Å². The van der Waals surface area contributed by atoms with Gasteiger partial charge in [0.1, 0.15) is 5.69 Å². The van der Waals surface area contributed by atoms with E-state index in [1.165, 1.54) is 82.6 Å². The molecule has 4 fully saturated rings. The summed E-state index contributed by atoms with van der Waals surface area (Å²) >= 11 is 0. The molecule has 1 aromatic carbocycles. The second-order valence-corrected chi connectivity index (χ2v) is 12.0. The van der Waals surface area contributed by atoms with Gasteiger partial charge in [-0.15, -0.1) is 0 Å². The van der Waals surface area contributed by atoms with E-state index in [1.54, 1.807) is 0 Å². The van der Waals surface area contributed by atoms with Crippen LogP contribution in [-0.2, 0) is 0 Å². The Balaban J connectivity index is 1.22. The summed E-state index contributed by atoms with van der Waals surface area (Å²) in [6.07, 6.45) is 20.8. The highest BCUT2D eigenvalue weighted by atomic mass is 15.3. The van der Waals surface area contributed by atoms with E-state index in [0.29, 0.717) is 6.04 Å². The summed E-state index contributed by atoms with van der Waals surface area (Å²) in [4.78, 5) is 17.4. The summed E-state index contributed by atoms with van der Waals surface area (Å²) in [6.45, 7) is 2.00. The number of para-hydroxylation sites is 2. The van der Waals surface area contributed by atoms with Crippen molar-refractivity contribution in [2.24, 2.45) is 11.8 Å². The van der Waals surface area contributed by atoms with Gasteiger partial charge in [-0.1, -0.05) is 44.2 Å². The highest BCUT2D eigenvalue weighted by molar-refractivity contribution is 5.80. The maximum atomic E-state index is 5.09. The third-order valence-electron chi connectivity index (χ3n) is 9.75. The number of aryl methyl sites for hydroxylation is 1. The molecule has 0 amide bonds. The Bertz CT molecular complexity index is 1160. The number of hydrogen-bond donors (Lipinski definition) is 0. The average molecular weight is 470 g/mol. The van der Waals surface area contributed by atoms with Crippen molar-refractivity contribution in [2.75, 3.05) is 0 Å². The third kappa shape index (κ3) is 4.00. The molecule has 2 aromatic heterocycles. The van der Waals surface area contributed by atoms with Gasteiger partial charge in [0.15, 0.2) is 5.82 Å². The summed E-state index contributed by atoms with van der Waals surface area (Å²) in [6, 6.07) is 11.4. The number of imidazole rings is 1. The monoisotopic (exact) mass is 469 g/mol. The van der Waals surface area contributed by atoms with Crippen LogP contribution in [-0.4, -0.2) is 42.5 Å². The van der Waals surface area contributed by atoms with Crippen molar-refractivity contribution in [2.45, 2.75) is 108 Å². The molecule has 2 aliphatic carbocycles. The zero-order chi connectivity index (χ0) is 23.4. The molecule has 3 aromatic rings. The zero-order valence-electron chi connectivity index (χ0n) is 21.1. The molecule has 5 heteroatoms. The maximum absolute atomic E-state index is 5.09. The van der Waals surface area contributed by atoms with Crippen LogP contribution in [0.5, 0.6) is 0 Å². The van der Waals surface area contributed by atoms with Gasteiger partial charge in [-0.3, -0.25) is 9.88 Å². The van der Waals surface area contributed by atoms with E-state index < -0.39 is 0 Å². The highest BCUT2D eigenvalue weighted by Crippen LogP contribution is 2.47. The molecule has 4 heterocycles. The summed E-state index contributed by atoms with van der Waals surface area (Å²) in [5.41, 5.74) is 4.18. The second kappa shape index (κ2) is 8.99. The Hall–Kier alpha value is -2.27. The van der Waals surface area contributed by atoms with Crippen LogP contribution in [0.4, 0.5) is 0 Å². The van der Waals surface area contributed by atoms with Gasteiger partial charge in [0, 0.05) is 30.4 Å². The number of fused-ring (bicyclic) bond motifs is 5. The van der Waals surface area contributed by atoms with Gasteiger partial charge in [-0.2, -0.15) is 0 Å². The molecule has 0 N–H and O–H groups in total. The molecule has 2 saturated heterocycles. The van der Waals surface area contributed by atoms with Gasteiger partial charge >= 0.3 is 0 Å². The minimum atomic E-state index is 0.484. The topological polar surface area (TPSA) is 46.8 Å². The molecule has 2 saturated carbocycles. The van der Waals surface area contributed by atoms with Gasteiger partial charge in [0.2, 0.25) is 0 Å². The lowest BCUT2D eigenvalue weighted by Crippen LogP contribution is -2.58. The largest absolute Gasteiger partial charge is 0.319 e. The van der Waals surface area contributed by atoms with Crippen LogP contribution < -0.4 is 0 Å². The summed E-state index contributed by atoms with van der Waals surface area (Å²) in [7, 11) is 0. The number of hydrogen-bond acceptors (Lipinski definition) is 4. The van der Waals surface area contributed by atoms with E-state index in [-0.39, 0.29) is 0 Å². The SMILES string of the molecule is Cc1cnc(-c2nc3ccccc3n2[C@H]2C[C@H]3CCC[C@@H](C2)N3[C@@H]2C[C@@H]3CCCC[C@@H](C3)C2)cn1. The van der Waals surface area contributed by atoms with Gasteiger partial charge < -0.3 is 4.57 Å². The zero-order valence-corrected chi connectivity index (χ0v) is 21.1. The van der Waals surface area contributed by atoms with E-state index in [9.17, 15) is 0 Å². The number of rotatable bonds is 3. The first kappa shape index (κ1) is 22.0. The molecule has 4 aliphatic rings. The minimum absolute atomic E-state index is 0.484. The molecule has 4 bridgehead atoms. The highest BCUT2D eigenvalue weighted by Gasteiger charge is 2.45. The first-order valence-electron chi connectivity index (χ1n) is 14.3. The molecule has 0 radical (unpaired) electrons. The standard InChI is InChI=1S/C30H39N5/c1-20-18-32-28(19-31-20)30-33-27-11-4-5-12-29(27)35(30)26-16-23-9-6-10-24(17-26)34(23)25-14-21-7-2-3-8-22(13-21)15-25/h4-5,11-12,18-19,21-26H,2-3,6-10,13-17H2,1H3/t21-,22+,23-,24+,25-,26+. The van der Waals surface area contributed by atoms with Crippen LogP contribution in [0.3, 0.4) is 0 Å². The summed E-state index contributed by atoms with van der Waals surface area (Å²) in [5.74, 6) is 2.98. The quantitative estimate of drug-likeness (QED) is 0.427. The molecule has 7 rings (SSSR count). The number of piperidine rings is 2. The average Bonchev–Trinajstić information content (AvgIpc) is 3.17. The lowest BCUT2D eigenvalue weighted by molar-refractivity contribution is -0.0415. The Morgan fingerprint density at radius 3 is 2.17 bits per heavy atom. The Morgan fingerprint density at radius 2 is 1.46 bits per heavy atom. The smallest absolute Gasteiger partial charge is 0.161 e. The fourth-order valence-corrected chi connectivity index (χ4v) is 8.41. The normalized spacial score (nSPS) is 33.5. The predicted molar refractivity (Wildman–Crippen MR) is 140 cm³/mol. The first-order valence-corrected chi connectivity index (χ1v) is 14.3. The van der Waals surface area contributed by atoms with Crippen molar-refractivity contribution in [1.82, 2.24) is 24.4 Å². The number of nitrogens with zero attached hydrogens (tertiary/aromatic N) is 5. The van der Waals surface area contributed by atoms with Crippen LogP contribution in [0.1, 0.15) is 88.8 Å². The first-order chi connectivity index (χ1) is 17.2. The lowest BCUT2D eigenvalue weighted by atomic mass is 9.73. The number of benzene rings is 1. The molecular formula is C30H39N5. The van der Waals surface area contributed by atoms with Crippen molar-refractivity contribution in [3.05, 3.63) is 42.4 Å². The minimum Gasteiger partial charge on any atom is -0.319 e. The van der Waals surface area contributed by atoms with Crippen LogP contribution in [0.25, 0.3) is 22.6 Å². The molecule has 6 atom stereocenters. The third-order valence-corrected chi connectivity index (χ3v) is 9.75. The maximum Gasteiger partial charge on any atom is 0.161 e. The summed E-state index contributed by atoms with van der Waals surface area (Å²) < 4.78 is 2.54. The Morgan fingerprint density at radius 1 is 0.714 bits per heavy atom. The van der Waals surface area contributed by atoms with Gasteiger partial charge in [0.25, 0.3) is 0 Å². The van der Waals surface area contributed by atoms with Crippen molar-refractivity contribution in [1.29, 1.82) is 0 Å². The Kier molecular flexibility index (Phi) is 5.64. The predicted octanol–water partition coefficient (Wildman–Crippen LogP) is 6.72. The van der Waals surface area contributed by atoms with Crippen molar-refractivity contribution in [3.8, 4) is 11.5 Å². The van der Waals surface area contributed by atoms with Crippen LogP contribution in [0.2, 0.25) is 0 Å². The van der Waals surface area contributed by atoms with Crippen LogP contribution in [0.15, 0.2) is 36.7 Å². The Labute approximate surface area is 209 Å². The van der Waals surface area contributed by atoms with E-state index in [1.807, 2.05) is 19.3 Å². The lowest BCUT2D eigenvalue weighted by Gasteiger charge is -2.54.